The number of nitrogens with zero attached hydrogens (tertiary/aromatic N) is 3. The van der Waals surface area contributed by atoms with Gasteiger partial charge in [0.2, 0.25) is 5.91 Å². The molecule has 0 spiro atoms. The van der Waals surface area contributed by atoms with E-state index >= 15 is 0 Å². The van der Waals surface area contributed by atoms with Crippen LogP contribution >= 0.6 is 0 Å². The summed E-state index contributed by atoms with van der Waals surface area (Å²) in [6, 6.07) is 16.2. The van der Waals surface area contributed by atoms with E-state index in [4.69, 9.17) is 9.72 Å². The number of rotatable bonds is 5. The number of methoxy groups -OCH3 is 1. The fraction of sp³-hybridized carbons (Fsp3) is 0.333. The number of amides is 1. The molecule has 1 fully saturated rings. The summed E-state index contributed by atoms with van der Waals surface area (Å²) in [7, 11) is 1.69. The third-order valence-corrected chi connectivity index (χ3v) is 5.17. The summed E-state index contributed by atoms with van der Waals surface area (Å²) in [5.74, 6) is 2.20. The van der Waals surface area contributed by atoms with Crippen molar-refractivity contribution in [3.63, 3.8) is 0 Å². The Morgan fingerprint density at radius 3 is 2.69 bits per heavy atom. The summed E-state index contributed by atoms with van der Waals surface area (Å²) in [5, 5.41) is 0. The first kappa shape index (κ1) is 16.6. The Morgan fingerprint density at radius 2 is 1.92 bits per heavy atom. The van der Waals surface area contributed by atoms with E-state index in [0.29, 0.717) is 13.0 Å². The van der Waals surface area contributed by atoms with Crippen molar-refractivity contribution in [2.24, 2.45) is 0 Å². The molecule has 2 heterocycles. The largest absolute Gasteiger partial charge is 0.496 e. The topological polar surface area (TPSA) is 47.4 Å². The SMILES string of the molecule is CCN1CC(c2nc3ccccc3n2Cc2ccccc2OC)CC1=O. The number of hydrogen-bond acceptors (Lipinski definition) is 3. The molecule has 2 aromatic carbocycles. The minimum absolute atomic E-state index is 0.129. The molecule has 0 radical (unpaired) electrons. The van der Waals surface area contributed by atoms with Crippen LogP contribution < -0.4 is 4.74 Å². The van der Waals surface area contributed by atoms with Crippen LogP contribution in [0.4, 0.5) is 0 Å². The van der Waals surface area contributed by atoms with Crippen molar-refractivity contribution in [3.8, 4) is 5.75 Å². The fourth-order valence-electron chi connectivity index (χ4n) is 3.83. The van der Waals surface area contributed by atoms with Gasteiger partial charge in [-0.3, -0.25) is 4.79 Å². The molecule has 1 unspecified atom stereocenters. The molecule has 4 rings (SSSR count). The summed E-state index contributed by atoms with van der Waals surface area (Å²) in [6.45, 7) is 4.20. The third kappa shape index (κ3) is 2.83. The third-order valence-electron chi connectivity index (χ3n) is 5.17. The van der Waals surface area contributed by atoms with Gasteiger partial charge in [0, 0.05) is 31.0 Å². The van der Waals surface area contributed by atoms with Gasteiger partial charge in [-0.2, -0.15) is 0 Å². The maximum atomic E-state index is 12.2. The lowest BCUT2D eigenvalue weighted by Crippen LogP contribution is -2.24. The molecule has 5 heteroatoms. The maximum Gasteiger partial charge on any atom is 0.223 e. The Balaban J connectivity index is 1.79. The Bertz CT molecular complexity index is 947. The molecule has 1 amide bonds. The van der Waals surface area contributed by atoms with Crippen LogP contribution in [-0.2, 0) is 11.3 Å². The number of para-hydroxylation sites is 3. The Labute approximate surface area is 153 Å². The molecular formula is C21H23N3O2. The molecule has 1 aromatic heterocycles. The zero-order chi connectivity index (χ0) is 18.1. The van der Waals surface area contributed by atoms with Crippen LogP contribution in [0, 0.1) is 0 Å². The van der Waals surface area contributed by atoms with Gasteiger partial charge in [-0.1, -0.05) is 30.3 Å². The molecule has 0 saturated carbocycles. The second-order valence-corrected chi connectivity index (χ2v) is 6.69. The molecule has 134 valence electrons. The lowest BCUT2D eigenvalue weighted by Gasteiger charge is -2.16. The van der Waals surface area contributed by atoms with Gasteiger partial charge in [-0.25, -0.2) is 4.98 Å². The molecular weight excluding hydrogens is 326 g/mol. The highest BCUT2D eigenvalue weighted by Gasteiger charge is 2.33. The van der Waals surface area contributed by atoms with Crippen LogP contribution in [0.15, 0.2) is 48.5 Å². The number of fused-ring (bicyclic) bond motifs is 1. The highest BCUT2D eigenvalue weighted by molar-refractivity contribution is 5.81. The number of benzene rings is 2. The summed E-state index contributed by atoms with van der Waals surface area (Å²) < 4.78 is 7.77. The van der Waals surface area contributed by atoms with Crippen LogP contribution in [0.1, 0.15) is 30.7 Å². The van der Waals surface area contributed by atoms with E-state index in [-0.39, 0.29) is 11.8 Å². The highest BCUT2D eigenvalue weighted by atomic mass is 16.5. The Morgan fingerprint density at radius 1 is 1.15 bits per heavy atom. The molecule has 5 nitrogen and oxygen atoms in total. The second-order valence-electron chi connectivity index (χ2n) is 6.69. The van der Waals surface area contributed by atoms with Crippen LogP contribution in [0.2, 0.25) is 0 Å². The van der Waals surface area contributed by atoms with Crippen LogP contribution in [0.25, 0.3) is 11.0 Å². The van der Waals surface area contributed by atoms with Crippen LogP contribution in [0.5, 0.6) is 5.75 Å². The lowest BCUT2D eigenvalue weighted by atomic mass is 10.1. The number of likely N-dealkylation sites (N-methyl/N-ethyl adjacent to an activating group) is 1. The second kappa shape index (κ2) is 6.83. The van der Waals surface area contributed by atoms with E-state index in [1.807, 2.05) is 48.2 Å². The van der Waals surface area contributed by atoms with E-state index in [1.165, 1.54) is 0 Å². The van der Waals surface area contributed by atoms with Crippen LogP contribution in [-0.4, -0.2) is 40.6 Å². The van der Waals surface area contributed by atoms with E-state index in [0.717, 1.165) is 41.3 Å². The molecule has 1 aliphatic rings. The molecule has 3 aromatic rings. The summed E-state index contributed by atoms with van der Waals surface area (Å²) in [6.07, 6.45) is 0.531. The molecule has 1 atom stereocenters. The van der Waals surface area contributed by atoms with Crippen molar-refractivity contribution in [1.29, 1.82) is 0 Å². The zero-order valence-corrected chi connectivity index (χ0v) is 15.2. The van der Waals surface area contributed by atoms with Gasteiger partial charge in [0.25, 0.3) is 0 Å². The predicted molar refractivity (Wildman–Crippen MR) is 101 cm³/mol. The van der Waals surface area contributed by atoms with Crippen molar-refractivity contribution in [1.82, 2.24) is 14.5 Å². The number of hydrogen-bond donors (Lipinski definition) is 0. The quantitative estimate of drug-likeness (QED) is 0.709. The number of aromatic nitrogens is 2. The van der Waals surface area contributed by atoms with E-state index < -0.39 is 0 Å². The number of imidazole rings is 1. The van der Waals surface area contributed by atoms with Crippen molar-refractivity contribution in [2.75, 3.05) is 20.2 Å². The van der Waals surface area contributed by atoms with Gasteiger partial charge in [0.1, 0.15) is 11.6 Å². The fourth-order valence-corrected chi connectivity index (χ4v) is 3.83. The predicted octanol–water partition coefficient (Wildman–Crippen LogP) is 3.43. The first-order chi connectivity index (χ1) is 12.7. The highest BCUT2D eigenvalue weighted by Crippen LogP contribution is 2.31. The summed E-state index contributed by atoms with van der Waals surface area (Å²) >= 11 is 0. The minimum atomic E-state index is 0.129. The van der Waals surface area contributed by atoms with Gasteiger partial charge >= 0.3 is 0 Å². The standard InChI is InChI=1S/C21H23N3O2/c1-3-23-13-16(12-20(23)25)21-22-17-9-5-6-10-18(17)24(21)14-15-8-4-7-11-19(15)26-2/h4-11,16H,3,12-14H2,1-2H3. The first-order valence-electron chi connectivity index (χ1n) is 9.06. The number of likely N-dealkylation sites (tertiary alicyclic amines) is 1. The monoisotopic (exact) mass is 349 g/mol. The Kier molecular flexibility index (Phi) is 4.37. The van der Waals surface area contributed by atoms with Crippen molar-refractivity contribution in [3.05, 3.63) is 59.9 Å². The lowest BCUT2D eigenvalue weighted by molar-refractivity contribution is -0.127. The zero-order valence-electron chi connectivity index (χ0n) is 15.2. The Hall–Kier alpha value is -2.82. The first-order valence-corrected chi connectivity index (χ1v) is 9.06. The molecule has 0 bridgehead atoms. The summed E-state index contributed by atoms with van der Waals surface area (Å²) in [5.41, 5.74) is 3.17. The van der Waals surface area contributed by atoms with Gasteiger partial charge < -0.3 is 14.2 Å². The van der Waals surface area contributed by atoms with E-state index in [2.05, 4.69) is 16.7 Å². The normalized spacial score (nSPS) is 17.2. The van der Waals surface area contributed by atoms with Crippen molar-refractivity contribution >= 4 is 16.9 Å². The minimum Gasteiger partial charge on any atom is -0.496 e. The molecule has 0 aliphatic carbocycles. The van der Waals surface area contributed by atoms with Gasteiger partial charge in [0.05, 0.1) is 24.7 Å². The average Bonchev–Trinajstić information content (AvgIpc) is 3.22. The maximum absolute atomic E-state index is 12.2. The van der Waals surface area contributed by atoms with Crippen LogP contribution in [0.3, 0.4) is 0 Å². The van der Waals surface area contributed by atoms with E-state index in [1.54, 1.807) is 7.11 Å². The summed E-state index contributed by atoms with van der Waals surface area (Å²) in [4.78, 5) is 19.1. The van der Waals surface area contributed by atoms with E-state index in [9.17, 15) is 4.79 Å². The average molecular weight is 349 g/mol. The van der Waals surface area contributed by atoms with Crippen molar-refractivity contribution in [2.45, 2.75) is 25.8 Å². The molecule has 0 N–H and O–H groups in total. The smallest absolute Gasteiger partial charge is 0.223 e. The molecule has 26 heavy (non-hydrogen) atoms. The van der Waals surface area contributed by atoms with Gasteiger partial charge in [-0.05, 0) is 25.1 Å². The number of carbonyl (C=O) groups is 1. The number of carbonyl (C=O) groups excluding carboxylic acids is 1. The molecule has 1 aliphatic heterocycles. The number of ether oxygens (including phenoxy) is 1. The van der Waals surface area contributed by atoms with Gasteiger partial charge in [-0.15, -0.1) is 0 Å². The molecule has 1 saturated heterocycles. The van der Waals surface area contributed by atoms with Gasteiger partial charge in [0.15, 0.2) is 0 Å². The van der Waals surface area contributed by atoms with Crippen molar-refractivity contribution < 1.29 is 9.53 Å².